The molecule has 0 radical (unpaired) electrons. The van der Waals surface area contributed by atoms with Crippen LogP contribution in [0.4, 0.5) is 21.0 Å². The third-order valence-electron chi connectivity index (χ3n) is 14.2. The summed E-state index contributed by atoms with van der Waals surface area (Å²) in [7, 11) is 0. The maximum absolute atomic E-state index is 13.7. The SMILES string of the molecule is CCCC[C@H](N)[C@H](O)C(=O)Nc1ccc2c(c1)OCO2.CCCC[C@H](NC(=O)C1(NC(=O)N2CCOCC2)CCCCC1)[C@H](O)C(=O)Nc1ccc2c(c1)OCO2.O=C(NC1(C(=O)O)CCCCC1)N1CCOCC1. The molecule has 4 heterocycles. The minimum absolute atomic E-state index is 0.115. The lowest BCUT2D eigenvalue weighted by Gasteiger charge is -2.40. The molecular weight excluding hydrogens is 977 g/mol. The highest BCUT2D eigenvalue weighted by molar-refractivity contribution is 5.97. The second-order valence-corrected chi connectivity index (χ2v) is 19.7. The van der Waals surface area contributed by atoms with Gasteiger partial charge >= 0.3 is 18.0 Å². The maximum Gasteiger partial charge on any atom is 0.329 e. The van der Waals surface area contributed by atoms with Crippen molar-refractivity contribution < 1.29 is 72.5 Å². The molecule has 2 aromatic rings. The van der Waals surface area contributed by atoms with Gasteiger partial charge in [0.05, 0.1) is 32.5 Å². The highest BCUT2D eigenvalue weighted by atomic mass is 16.7. The van der Waals surface area contributed by atoms with Crippen LogP contribution in [-0.4, -0.2) is 162 Å². The van der Waals surface area contributed by atoms with Crippen LogP contribution in [0.5, 0.6) is 23.0 Å². The second-order valence-electron chi connectivity index (χ2n) is 19.7. The number of amides is 7. The minimum Gasteiger partial charge on any atom is -0.480 e. The van der Waals surface area contributed by atoms with E-state index in [0.29, 0.717) is 132 Å². The smallest absolute Gasteiger partial charge is 0.329 e. The van der Waals surface area contributed by atoms with Crippen molar-refractivity contribution in [1.82, 2.24) is 25.8 Å². The Hall–Kier alpha value is -6.14. The van der Waals surface area contributed by atoms with Crippen LogP contribution in [0, 0.1) is 0 Å². The van der Waals surface area contributed by atoms with E-state index in [4.69, 9.17) is 34.2 Å². The number of carboxylic acid groups (broad SMARTS) is 1. The van der Waals surface area contributed by atoms with E-state index in [0.717, 1.165) is 57.8 Å². The summed E-state index contributed by atoms with van der Waals surface area (Å²) in [5, 5.41) is 44.2. The summed E-state index contributed by atoms with van der Waals surface area (Å²) in [6, 6.07) is 8.12. The number of aliphatic hydroxyl groups excluding tert-OH is 2. The number of hydrogen-bond acceptors (Lipinski definition) is 15. The van der Waals surface area contributed by atoms with Gasteiger partial charge in [-0.3, -0.25) is 14.4 Å². The number of unbranched alkanes of at least 4 members (excludes halogenated alkanes) is 2. The van der Waals surface area contributed by atoms with Gasteiger partial charge < -0.3 is 85.9 Å². The van der Waals surface area contributed by atoms with Gasteiger partial charge in [-0.15, -0.1) is 0 Å². The molecule has 6 aliphatic rings. The fourth-order valence-corrected chi connectivity index (χ4v) is 9.61. The van der Waals surface area contributed by atoms with Gasteiger partial charge in [0.25, 0.3) is 11.8 Å². The predicted molar refractivity (Wildman–Crippen MR) is 274 cm³/mol. The summed E-state index contributed by atoms with van der Waals surface area (Å²) in [5.41, 5.74) is 4.65. The number of nitrogens with two attached hydrogens (primary N) is 1. The highest BCUT2D eigenvalue weighted by Gasteiger charge is 2.44. The zero-order chi connectivity index (χ0) is 53.8. The Morgan fingerprint density at radius 1 is 0.600 bits per heavy atom. The molecule has 10 N–H and O–H groups in total. The van der Waals surface area contributed by atoms with Gasteiger partial charge in [0, 0.05) is 55.7 Å². The monoisotopic (exact) mass is 1050 g/mol. The van der Waals surface area contributed by atoms with Crippen LogP contribution < -0.4 is 51.3 Å². The molecule has 0 aromatic heterocycles. The number of ether oxygens (including phenoxy) is 6. The van der Waals surface area contributed by atoms with Crippen LogP contribution in [0.15, 0.2) is 36.4 Å². The van der Waals surface area contributed by atoms with Crippen LogP contribution in [-0.2, 0) is 28.7 Å². The summed E-state index contributed by atoms with van der Waals surface area (Å²) < 4.78 is 31.6. The first kappa shape index (κ1) is 58.1. The average Bonchev–Trinajstić information content (AvgIpc) is 4.12. The Bertz CT molecular complexity index is 2210. The number of anilines is 2. The second kappa shape index (κ2) is 28.7. The van der Waals surface area contributed by atoms with E-state index in [9.17, 15) is 44.1 Å². The highest BCUT2D eigenvalue weighted by Crippen LogP contribution is 2.36. The molecule has 8 rings (SSSR count). The Balaban J connectivity index is 0.000000202. The number of aliphatic hydroxyl groups is 2. The molecule has 23 heteroatoms. The molecule has 4 fully saturated rings. The van der Waals surface area contributed by atoms with E-state index in [-0.39, 0.29) is 31.6 Å². The summed E-state index contributed by atoms with van der Waals surface area (Å²) in [4.78, 5) is 78.4. The number of rotatable bonds is 17. The van der Waals surface area contributed by atoms with Crippen LogP contribution in [0.3, 0.4) is 0 Å². The van der Waals surface area contributed by atoms with Crippen LogP contribution in [0.2, 0.25) is 0 Å². The lowest BCUT2D eigenvalue weighted by Crippen LogP contribution is -2.65. The third kappa shape index (κ3) is 16.4. The van der Waals surface area contributed by atoms with Gasteiger partial charge in [0.15, 0.2) is 29.1 Å². The standard InChI is InChI=1S/C26H38N4O7.C14H20N2O4.C12H20N2O4/c1-2-3-7-19(22(31)23(32)27-18-8-9-20-21(16-18)37-17-36-20)28-24(33)26(10-5-4-6-11-26)29-25(34)30-12-14-35-15-13-30;1-2-3-4-10(15)13(17)14(18)16-9-5-6-11-12(7-9)20-8-19-11;15-10(16)12(4-2-1-3-5-12)13-11(17)14-6-8-18-9-7-14/h8-9,16,19,22,31H,2-7,10-15,17H2,1H3,(H,27,32)(H,28,33)(H,29,34);5-7,10,13,17H,2-4,8,15H2,1H3,(H,16,18);1-9H2,(H,13,17)(H,15,16)/t19-,22-;10-,13-;/m00./s1. The van der Waals surface area contributed by atoms with E-state index < -0.39 is 53.2 Å². The van der Waals surface area contributed by atoms with Crippen molar-refractivity contribution in [1.29, 1.82) is 0 Å². The van der Waals surface area contributed by atoms with Gasteiger partial charge in [0.1, 0.15) is 17.2 Å². The number of aliphatic carboxylic acids is 1. The molecule has 2 aromatic carbocycles. The van der Waals surface area contributed by atoms with Crippen molar-refractivity contribution in [3.05, 3.63) is 36.4 Å². The first-order valence-corrected chi connectivity index (χ1v) is 26.5. The van der Waals surface area contributed by atoms with Crippen LogP contribution in [0.25, 0.3) is 0 Å². The molecule has 0 bridgehead atoms. The summed E-state index contributed by atoms with van der Waals surface area (Å²) >= 11 is 0. The molecule has 0 unspecified atom stereocenters. The van der Waals surface area contributed by atoms with Crippen molar-refractivity contribution in [3.8, 4) is 23.0 Å². The molecule has 4 atom stereocenters. The fourth-order valence-electron chi connectivity index (χ4n) is 9.61. The Kier molecular flexibility index (Phi) is 22.2. The number of fused-ring (bicyclic) bond motifs is 2. The number of hydrogen-bond donors (Lipinski definition) is 9. The molecule has 0 spiro atoms. The molecule has 7 amide bonds. The number of benzene rings is 2. The zero-order valence-electron chi connectivity index (χ0n) is 43.4. The molecule has 4 aliphatic heterocycles. The van der Waals surface area contributed by atoms with Gasteiger partial charge in [-0.1, -0.05) is 78.1 Å². The van der Waals surface area contributed by atoms with Crippen molar-refractivity contribution in [2.45, 2.75) is 152 Å². The minimum atomic E-state index is -1.48. The van der Waals surface area contributed by atoms with E-state index in [1.54, 1.807) is 46.2 Å². The maximum atomic E-state index is 13.7. The Morgan fingerprint density at radius 2 is 1.03 bits per heavy atom. The van der Waals surface area contributed by atoms with Crippen molar-refractivity contribution in [2.75, 3.05) is 76.8 Å². The number of carboxylic acids is 1. The van der Waals surface area contributed by atoms with Crippen molar-refractivity contribution in [3.63, 3.8) is 0 Å². The fraction of sp³-hybridized carbons (Fsp3) is 0.654. The van der Waals surface area contributed by atoms with E-state index in [1.807, 2.05) is 13.8 Å². The Labute approximate surface area is 438 Å². The van der Waals surface area contributed by atoms with Crippen molar-refractivity contribution >= 4 is 47.1 Å². The molecule has 416 valence electrons. The Morgan fingerprint density at radius 3 is 1.49 bits per heavy atom. The summed E-state index contributed by atoms with van der Waals surface area (Å²) in [6.45, 7) is 8.32. The van der Waals surface area contributed by atoms with Gasteiger partial charge in [-0.05, 0) is 62.8 Å². The quantitative estimate of drug-likeness (QED) is 0.107. The molecule has 2 aliphatic carbocycles. The molecule has 75 heavy (non-hydrogen) atoms. The van der Waals surface area contributed by atoms with Crippen molar-refractivity contribution in [2.24, 2.45) is 5.73 Å². The number of nitrogens with one attached hydrogen (secondary N) is 5. The zero-order valence-corrected chi connectivity index (χ0v) is 43.4. The molecule has 23 nitrogen and oxygen atoms in total. The molecular formula is C52H78N8O15. The summed E-state index contributed by atoms with van der Waals surface area (Å²) in [5.74, 6) is -0.0888. The first-order chi connectivity index (χ1) is 36.2. The number of nitrogens with zero attached hydrogens (tertiary/aromatic N) is 2. The van der Waals surface area contributed by atoms with Gasteiger partial charge in [-0.25, -0.2) is 14.4 Å². The summed E-state index contributed by atoms with van der Waals surface area (Å²) in [6.07, 6.45) is 9.19. The molecule has 2 saturated carbocycles. The predicted octanol–water partition coefficient (Wildman–Crippen LogP) is 4.18. The lowest BCUT2D eigenvalue weighted by molar-refractivity contribution is -0.146. The van der Waals surface area contributed by atoms with E-state index >= 15 is 0 Å². The average molecular weight is 1060 g/mol. The lowest BCUT2D eigenvalue weighted by atomic mass is 9.80. The number of carbonyl (C=O) groups excluding carboxylic acids is 5. The first-order valence-electron chi connectivity index (χ1n) is 26.5. The number of morpholine rings is 2. The van der Waals surface area contributed by atoms with E-state index in [2.05, 4.69) is 26.6 Å². The normalized spacial score (nSPS) is 19.7. The third-order valence-corrected chi connectivity index (χ3v) is 14.2. The van der Waals surface area contributed by atoms with Crippen LogP contribution >= 0.6 is 0 Å². The van der Waals surface area contributed by atoms with Crippen LogP contribution in [0.1, 0.15) is 117 Å². The largest absolute Gasteiger partial charge is 0.480 e. The topological polar surface area (TPSA) is 311 Å². The number of urea groups is 2. The van der Waals surface area contributed by atoms with Gasteiger partial charge in [-0.2, -0.15) is 0 Å². The molecule has 2 saturated heterocycles. The van der Waals surface area contributed by atoms with E-state index in [1.165, 1.54) is 0 Å². The number of carbonyl (C=O) groups is 6. The van der Waals surface area contributed by atoms with Gasteiger partial charge in [0.2, 0.25) is 19.5 Å².